The van der Waals surface area contributed by atoms with Crippen molar-refractivity contribution in [1.29, 1.82) is 0 Å². The maximum atomic E-state index is 13.1. The molecule has 1 aromatic heterocycles. The van der Waals surface area contributed by atoms with E-state index in [4.69, 9.17) is 9.68 Å². The number of aromatic nitrogens is 2. The Bertz CT molecular complexity index is 1890. The highest BCUT2D eigenvalue weighted by molar-refractivity contribution is 6.11. The fourth-order valence-corrected chi connectivity index (χ4v) is 4.66. The SMILES string of the molecule is CC(=O)O/N=C(/C)c1ccc(N(c2ccc(C(=O)c3ccccc3)cc2)c2ccc(/C(C)=N\OC(C)=O)c3[nH]cnc23)cc1. The number of anilines is 3. The zero-order chi connectivity index (χ0) is 31.2. The molecule has 4 aromatic carbocycles. The Balaban J connectivity index is 1.59. The summed E-state index contributed by atoms with van der Waals surface area (Å²) in [6, 6.07) is 27.9. The smallest absolute Gasteiger partial charge is 0.331 e. The van der Waals surface area contributed by atoms with Gasteiger partial charge in [-0.15, -0.1) is 0 Å². The average Bonchev–Trinajstić information content (AvgIpc) is 3.54. The molecule has 5 aromatic rings. The van der Waals surface area contributed by atoms with Crippen LogP contribution in [0, 0.1) is 0 Å². The lowest BCUT2D eigenvalue weighted by molar-refractivity contribution is -0.141. The van der Waals surface area contributed by atoms with Gasteiger partial charge in [-0.25, -0.2) is 14.6 Å². The summed E-state index contributed by atoms with van der Waals surface area (Å²) >= 11 is 0. The molecule has 0 spiro atoms. The molecule has 0 fully saturated rings. The number of hydrogen-bond donors (Lipinski definition) is 1. The molecule has 0 amide bonds. The number of carbonyl (C=O) groups excluding carboxylic acids is 3. The zero-order valence-electron chi connectivity index (χ0n) is 24.6. The quantitative estimate of drug-likeness (QED) is 0.0866. The van der Waals surface area contributed by atoms with Gasteiger partial charge in [0.2, 0.25) is 0 Å². The van der Waals surface area contributed by atoms with Gasteiger partial charge in [-0.1, -0.05) is 52.8 Å². The van der Waals surface area contributed by atoms with Crippen LogP contribution in [-0.4, -0.2) is 39.1 Å². The van der Waals surface area contributed by atoms with Crippen molar-refractivity contribution in [3.63, 3.8) is 0 Å². The summed E-state index contributed by atoms with van der Waals surface area (Å²) in [4.78, 5) is 55.1. The molecule has 0 radical (unpaired) electrons. The predicted octanol–water partition coefficient (Wildman–Crippen LogP) is 6.84. The average molecular weight is 588 g/mol. The van der Waals surface area contributed by atoms with Gasteiger partial charge in [0.25, 0.3) is 0 Å². The first-order chi connectivity index (χ1) is 21.2. The van der Waals surface area contributed by atoms with Crippen LogP contribution in [0.15, 0.2) is 108 Å². The van der Waals surface area contributed by atoms with Crippen LogP contribution in [0.1, 0.15) is 54.7 Å². The Labute approximate surface area is 253 Å². The lowest BCUT2D eigenvalue weighted by Gasteiger charge is -2.26. The summed E-state index contributed by atoms with van der Waals surface area (Å²) in [5, 5.41) is 7.84. The summed E-state index contributed by atoms with van der Waals surface area (Å²) in [5.74, 6) is -1.09. The van der Waals surface area contributed by atoms with Crippen LogP contribution in [0.4, 0.5) is 17.1 Å². The van der Waals surface area contributed by atoms with Gasteiger partial charge >= 0.3 is 11.9 Å². The first-order valence-electron chi connectivity index (χ1n) is 13.7. The first-order valence-corrected chi connectivity index (χ1v) is 13.7. The normalized spacial score (nSPS) is 11.7. The molecule has 0 saturated heterocycles. The van der Waals surface area contributed by atoms with Crippen molar-refractivity contribution >= 4 is 57.2 Å². The monoisotopic (exact) mass is 587 g/mol. The number of ketones is 1. The molecule has 0 aliphatic heterocycles. The van der Waals surface area contributed by atoms with Crippen molar-refractivity contribution < 1.29 is 24.1 Å². The van der Waals surface area contributed by atoms with E-state index < -0.39 is 11.9 Å². The van der Waals surface area contributed by atoms with Gasteiger partial charge in [0, 0.05) is 41.9 Å². The Morgan fingerprint density at radius 2 is 1.20 bits per heavy atom. The van der Waals surface area contributed by atoms with E-state index in [9.17, 15) is 14.4 Å². The molecular weight excluding hydrogens is 558 g/mol. The van der Waals surface area contributed by atoms with E-state index in [1.165, 1.54) is 13.8 Å². The van der Waals surface area contributed by atoms with Gasteiger partial charge < -0.3 is 19.6 Å². The van der Waals surface area contributed by atoms with Crippen LogP contribution in [0.25, 0.3) is 11.0 Å². The Morgan fingerprint density at radius 3 is 1.80 bits per heavy atom. The molecule has 0 saturated carbocycles. The number of fused-ring (bicyclic) bond motifs is 1. The van der Waals surface area contributed by atoms with Gasteiger partial charge in [-0.3, -0.25) is 4.79 Å². The second-order valence-electron chi connectivity index (χ2n) is 9.90. The lowest BCUT2D eigenvalue weighted by Crippen LogP contribution is -2.12. The molecule has 5 rings (SSSR count). The third-order valence-electron chi connectivity index (χ3n) is 6.78. The summed E-state index contributed by atoms with van der Waals surface area (Å²) < 4.78 is 0. The molecule has 44 heavy (non-hydrogen) atoms. The highest BCUT2D eigenvalue weighted by Crippen LogP contribution is 2.39. The van der Waals surface area contributed by atoms with Crippen molar-refractivity contribution in [2.45, 2.75) is 27.7 Å². The minimum absolute atomic E-state index is 0.0721. The highest BCUT2D eigenvalue weighted by atomic mass is 16.7. The Hall–Kier alpha value is -5.90. The number of carbonyl (C=O) groups is 3. The summed E-state index contributed by atoms with van der Waals surface area (Å²) in [6.45, 7) is 6.08. The van der Waals surface area contributed by atoms with Crippen molar-refractivity contribution in [3.05, 3.63) is 120 Å². The number of H-pyrrole nitrogens is 1. The number of imidazole rings is 1. The van der Waals surface area contributed by atoms with Gasteiger partial charge in [0.05, 0.1) is 29.0 Å². The van der Waals surface area contributed by atoms with Crippen LogP contribution in [0.3, 0.4) is 0 Å². The molecule has 0 bridgehead atoms. The number of oxime groups is 2. The van der Waals surface area contributed by atoms with E-state index >= 15 is 0 Å². The van der Waals surface area contributed by atoms with E-state index in [0.29, 0.717) is 33.6 Å². The van der Waals surface area contributed by atoms with Crippen LogP contribution < -0.4 is 4.90 Å². The molecule has 10 nitrogen and oxygen atoms in total. The number of hydrogen-bond acceptors (Lipinski definition) is 9. The summed E-state index contributed by atoms with van der Waals surface area (Å²) in [7, 11) is 0. The molecular formula is C34H29N5O5. The van der Waals surface area contributed by atoms with E-state index in [0.717, 1.165) is 28.2 Å². The summed E-state index contributed by atoms with van der Waals surface area (Å²) in [5.41, 5.74) is 7.42. The second kappa shape index (κ2) is 13.0. The first kappa shape index (κ1) is 29.6. The van der Waals surface area contributed by atoms with Crippen LogP contribution >= 0.6 is 0 Å². The fraction of sp³-hybridized carbons (Fsp3) is 0.118. The molecule has 0 unspecified atom stereocenters. The van der Waals surface area contributed by atoms with E-state index in [1.54, 1.807) is 44.4 Å². The number of aromatic amines is 1. The van der Waals surface area contributed by atoms with Crippen molar-refractivity contribution in [2.75, 3.05) is 4.90 Å². The lowest BCUT2D eigenvalue weighted by atomic mass is 10.0. The van der Waals surface area contributed by atoms with Crippen LogP contribution in [0.2, 0.25) is 0 Å². The van der Waals surface area contributed by atoms with Gasteiger partial charge in [-0.2, -0.15) is 0 Å². The van der Waals surface area contributed by atoms with E-state index in [-0.39, 0.29) is 5.78 Å². The third-order valence-corrected chi connectivity index (χ3v) is 6.78. The zero-order valence-corrected chi connectivity index (χ0v) is 24.6. The van der Waals surface area contributed by atoms with Gasteiger partial charge in [0.1, 0.15) is 5.52 Å². The number of rotatable bonds is 9. The number of nitrogens with one attached hydrogen (secondary N) is 1. The minimum atomic E-state index is -0.515. The van der Waals surface area contributed by atoms with Gasteiger partial charge in [0.15, 0.2) is 5.78 Å². The van der Waals surface area contributed by atoms with E-state index in [2.05, 4.69) is 20.3 Å². The second-order valence-corrected chi connectivity index (χ2v) is 9.90. The largest absolute Gasteiger partial charge is 0.344 e. The Morgan fingerprint density at radius 1 is 0.659 bits per heavy atom. The predicted molar refractivity (Wildman–Crippen MR) is 169 cm³/mol. The van der Waals surface area contributed by atoms with E-state index in [1.807, 2.05) is 71.6 Å². The molecule has 220 valence electrons. The molecule has 0 atom stereocenters. The Kier molecular flexibility index (Phi) is 8.71. The van der Waals surface area contributed by atoms with Crippen molar-refractivity contribution in [3.8, 4) is 0 Å². The molecule has 1 N–H and O–H groups in total. The molecule has 0 aliphatic carbocycles. The maximum Gasteiger partial charge on any atom is 0.331 e. The third kappa shape index (κ3) is 6.44. The standard InChI is InChI=1S/C34H29N5O5/c1-21(37-43-23(3)40)25-10-14-28(15-11-25)39(29-16-12-27(13-17-29)34(42)26-8-6-5-7-9-26)31-19-18-30(22(2)38-44-24(4)41)32-33(31)36-20-35-32/h5-20H,1-4H3,(H,35,36)/b37-21-,38-22-. The molecule has 0 aliphatic rings. The summed E-state index contributed by atoms with van der Waals surface area (Å²) in [6.07, 6.45) is 1.59. The van der Waals surface area contributed by atoms with Crippen molar-refractivity contribution in [2.24, 2.45) is 10.3 Å². The van der Waals surface area contributed by atoms with Crippen molar-refractivity contribution in [1.82, 2.24) is 9.97 Å². The number of nitrogens with zero attached hydrogens (tertiary/aromatic N) is 4. The molecule has 1 heterocycles. The minimum Gasteiger partial charge on any atom is -0.344 e. The topological polar surface area (TPSA) is 126 Å². The fourth-order valence-electron chi connectivity index (χ4n) is 4.66. The number of benzene rings is 4. The maximum absolute atomic E-state index is 13.1. The molecule has 10 heteroatoms. The highest BCUT2D eigenvalue weighted by Gasteiger charge is 2.20. The van der Waals surface area contributed by atoms with Gasteiger partial charge in [-0.05, 0) is 67.9 Å². The van der Waals surface area contributed by atoms with Crippen LogP contribution in [-0.2, 0) is 19.3 Å². The van der Waals surface area contributed by atoms with Crippen LogP contribution in [0.5, 0.6) is 0 Å².